The molecule has 27 heavy (non-hydrogen) atoms. The Kier molecular flexibility index (Phi) is 8.71. The fourth-order valence-corrected chi connectivity index (χ4v) is 3.92. The lowest BCUT2D eigenvalue weighted by Crippen LogP contribution is -2.36. The van der Waals surface area contributed by atoms with Gasteiger partial charge in [0.1, 0.15) is 12.4 Å². The van der Waals surface area contributed by atoms with Gasteiger partial charge in [-0.2, -0.15) is 0 Å². The number of aryl methyl sites for hydroxylation is 2. The molecule has 0 spiro atoms. The number of aromatic nitrogens is 3. The minimum atomic E-state index is 0. The first-order valence-corrected chi connectivity index (χ1v) is 10.3. The molecular formula is C18H25IN6S2. The van der Waals surface area contributed by atoms with E-state index in [1.165, 1.54) is 14.6 Å². The van der Waals surface area contributed by atoms with E-state index in [1.807, 2.05) is 29.9 Å². The first kappa shape index (κ1) is 21.8. The van der Waals surface area contributed by atoms with E-state index >= 15 is 0 Å². The Morgan fingerprint density at radius 2 is 1.85 bits per heavy atom. The lowest BCUT2D eigenvalue weighted by atomic mass is 10.3. The minimum Gasteiger partial charge on any atom is -0.351 e. The molecule has 0 atom stereocenters. The van der Waals surface area contributed by atoms with Crippen molar-refractivity contribution in [3.05, 3.63) is 55.9 Å². The van der Waals surface area contributed by atoms with Crippen LogP contribution in [0, 0.1) is 6.92 Å². The summed E-state index contributed by atoms with van der Waals surface area (Å²) in [6, 6.07) is 8.56. The van der Waals surface area contributed by atoms with Crippen LogP contribution in [0.15, 0.2) is 34.6 Å². The number of rotatable bonds is 7. The molecule has 3 aromatic heterocycles. The van der Waals surface area contributed by atoms with Gasteiger partial charge in [0.15, 0.2) is 11.8 Å². The number of guanidine groups is 1. The predicted octanol–water partition coefficient (Wildman–Crippen LogP) is 3.86. The van der Waals surface area contributed by atoms with Crippen molar-refractivity contribution >= 4 is 52.6 Å². The van der Waals surface area contributed by atoms with Crippen LogP contribution in [0.1, 0.15) is 33.2 Å². The van der Waals surface area contributed by atoms with Gasteiger partial charge in [0, 0.05) is 21.7 Å². The maximum atomic E-state index is 4.69. The number of thiophene rings is 2. The van der Waals surface area contributed by atoms with Crippen LogP contribution >= 0.6 is 46.7 Å². The lowest BCUT2D eigenvalue weighted by molar-refractivity contribution is 0.754. The Labute approximate surface area is 185 Å². The Morgan fingerprint density at radius 1 is 1.11 bits per heavy atom. The third-order valence-electron chi connectivity index (χ3n) is 4.07. The molecule has 0 aliphatic heterocycles. The molecule has 0 saturated heterocycles. The van der Waals surface area contributed by atoms with Gasteiger partial charge in [-0.15, -0.1) is 56.8 Å². The van der Waals surface area contributed by atoms with E-state index in [0.717, 1.165) is 37.1 Å². The van der Waals surface area contributed by atoms with E-state index in [2.05, 4.69) is 62.4 Å². The van der Waals surface area contributed by atoms with Gasteiger partial charge in [0.2, 0.25) is 0 Å². The zero-order valence-electron chi connectivity index (χ0n) is 15.7. The number of halogens is 1. The van der Waals surface area contributed by atoms with Gasteiger partial charge >= 0.3 is 0 Å². The highest BCUT2D eigenvalue weighted by molar-refractivity contribution is 14.0. The molecule has 0 saturated carbocycles. The first-order valence-electron chi connectivity index (χ1n) is 8.62. The molecule has 3 heterocycles. The van der Waals surface area contributed by atoms with E-state index in [1.54, 1.807) is 11.3 Å². The highest BCUT2D eigenvalue weighted by Gasteiger charge is 2.06. The van der Waals surface area contributed by atoms with Crippen molar-refractivity contribution in [2.75, 3.05) is 0 Å². The van der Waals surface area contributed by atoms with Crippen LogP contribution in [0.25, 0.3) is 0 Å². The Hall–Kier alpha value is -1.46. The second kappa shape index (κ2) is 10.8. The Balaban J connectivity index is 0.00000261. The molecule has 0 unspecified atom stereocenters. The molecule has 146 valence electrons. The molecular weight excluding hydrogens is 491 g/mol. The summed E-state index contributed by atoms with van der Waals surface area (Å²) in [7, 11) is 1.96. The lowest BCUT2D eigenvalue weighted by Gasteiger charge is -2.11. The van der Waals surface area contributed by atoms with Crippen molar-refractivity contribution in [1.29, 1.82) is 0 Å². The summed E-state index contributed by atoms with van der Waals surface area (Å²) in [6.07, 6.45) is 1.08. The maximum Gasteiger partial charge on any atom is 0.192 e. The van der Waals surface area contributed by atoms with Crippen LogP contribution in [0.3, 0.4) is 0 Å². The van der Waals surface area contributed by atoms with E-state index in [0.29, 0.717) is 6.54 Å². The normalized spacial score (nSPS) is 11.3. The van der Waals surface area contributed by atoms with Crippen LogP contribution in [-0.2, 0) is 33.1 Å². The SMILES string of the molecule is CCc1ccc(CNC(=NCc2nnc(C)n2C)NCc2cccs2)s1.I. The van der Waals surface area contributed by atoms with Crippen molar-refractivity contribution in [3.8, 4) is 0 Å². The van der Waals surface area contributed by atoms with Crippen molar-refractivity contribution < 1.29 is 0 Å². The van der Waals surface area contributed by atoms with Crippen LogP contribution in [0.4, 0.5) is 0 Å². The molecule has 0 radical (unpaired) electrons. The number of hydrogen-bond donors (Lipinski definition) is 2. The van der Waals surface area contributed by atoms with Crippen molar-refractivity contribution in [3.63, 3.8) is 0 Å². The van der Waals surface area contributed by atoms with E-state index < -0.39 is 0 Å². The molecule has 0 aliphatic rings. The van der Waals surface area contributed by atoms with Crippen molar-refractivity contribution in [2.24, 2.45) is 12.0 Å². The standard InChI is InChI=1S/C18H24N6S2.HI/c1-4-14-7-8-16(26-14)11-20-18(19-10-15-6-5-9-25-15)21-12-17-23-22-13(2)24(17)3;/h5-9H,4,10-12H2,1-3H3,(H2,19,20,21);1H. The summed E-state index contributed by atoms with van der Waals surface area (Å²) in [4.78, 5) is 8.68. The van der Waals surface area contributed by atoms with Gasteiger partial charge in [-0.05, 0) is 36.9 Å². The smallest absolute Gasteiger partial charge is 0.192 e. The average Bonchev–Trinajstić information content (AvgIpc) is 3.38. The van der Waals surface area contributed by atoms with Crippen LogP contribution in [-0.4, -0.2) is 20.7 Å². The Morgan fingerprint density at radius 3 is 2.44 bits per heavy atom. The fraction of sp³-hybridized carbons (Fsp3) is 0.389. The molecule has 2 N–H and O–H groups in total. The molecule has 6 nitrogen and oxygen atoms in total. The number of aliphatic imine (C=N–C) groups is 1. The summed E-state index contributed by atoms with van der Waals surface area (Å²) in [5.74, 6) is 2.52. The highest BCUT2D eigenvalue weighted by Crippen LogP contribution is 2.16. The zero-order chi connectivity index (χ0) is 18.4. The van der Waals surface area contributed by atoms with Crippen molar-refractivity contribution in [1.82, 2.24) is 25.4 Å². The van der Waals surface area contributed by atoms with Gasteiger partial charge in [-0.25, -0.2) is 4.99 Å². The average molecular weight is 516 g/mol. The van der Waals surface area contributed by atoms with Gasteiger partial charge in [-0.1, -0.05) is 13.0 Å². The summed E-state index contributed by atoms with van der Waals surface area (Å²) in [6.45, 7) is 6.13. The topological polar surface area (TPSA) is 67.1 Å². The van der Waals surface area contributed by atoms with E-state index in [-0.39, 0.29) is 24.0 Å². The van der Waals surface area contributed by atoms with Crippen LogP contribution in [0.2, 0.25) is 0 Å². The number of hydrogen-bond acceptors (Lipinski definition) is 5. The molecule has 0 aromatic carbocycles. The highest BCUT2D eigenvalue weighted by atomic mass is 127. The summed E-state index contributed by atoms with van der Waals surface area (Å²) in [5.41, 5.74) is 0. The van der Waals surface area contributed by atoms with E-state index in [4.69, 9.17) is 0 Å². The first-order chi connectivity index (χ1) is 12.7. The molecule has 0 amide bonds. The molecule has 0 fully saturated rings. The third kappa shape index (κ3) is 6.28. The molecule has 9 heteroatoms. The van der Waals surface area contributed by atoms with Gasteiger partial charge in [0.25, 0.3) is 0 Å². The summed E-state index contributed by atoms with van der Waals surface area (Å²) in [5, 5.41) is 17.2. The molecule has 3 aromatic rings. The molecule has 0 aliphatic carbocycles. The monoisotopic (exact) mass is 516 g/mol. The Bertz CT molecular complexity index is 853. The minimum absolute atomic E-state index is 0. The number of nitrogens with one attached hydrogen (secondary N) is 2. The van der Waals surface area contributed by atoms with Crippen molar-refractivity contribution in [2.45, 2.75) is 39.9 Å². The van der Waals surface area contributed by atoms with Gasteiger partial charge < -0.3 is 15.2 Å². The quantitative estimate of drug-likeness (QED) is 0.284. The van der Waals surface area contributed by atoms with Crippen LogP contribution in [0.5, 0.6) is 0 Å². The zero-order valence-corrected chi connectivity index (χ0v) is 19.7. The van der Waals surface area contributed by atoms with E-state index in [9.17, 15) is 0 Å². The van der Waals surface area contributed by atoms with Gasteiger partial charge in [0.05, 0.1) is 13.1 Å². The second-order valence-corrected chi connectivity index (χ2v) is 8.18. The third-order valence-corrected chi connectivity index (χ3v) is 6.17. The summed E-state index contributed by atoms with van der Waals surface area (Å²) < 4.78 is 1.97. The maximum absolute atomic E-state index is 4.69. The number of nitrogens with zero attached hydrogens (tertiary/aromatic N) is 4. The van der Waals surface area contributed by atoms with Gasteiger partial charge in [-0.3, -0.25) is 0 Å². The fourth-order valence-electron chi connectivity index (χ4n) is 2.37. The predicted molar refractivity (Wildman–Crippen MR) is 124 cm³/mol. The largest absolute Gasteiger partial charge is 0.351 e. The summed E-state index contributed by atoms with van der Waals surface area (Å²) >= 11 is 3.58. The second-order valence-electron chi connectivity index (χ2n) is 5.90. The van der Waals surface area contributed by atoms with Crippen LogP contribution < -0.4 is 10.6 Å². The molecule has 3 rings (SSSR count). The molecule has 0 bridgehead atoms.